The highest BCUT2D eigenvalue weighted by atomic mass is 16.6. The third-order valence-corrected chi connectivity index (χ3v) is 2.48. The molecule has 0 amide bonds. The van der Waals surface area contributed by atoms with E-state index in [-0.39, 0.29) is 13.2 Å². The number of hydrogen-bond donors (Lipinski definition) is 0. The van der Waals surface area contributed by atoms with Crippen molar-refractivity contribution in [1.82, 2.24) is 4.98 Å². The van der Waals surface area contributed by atoms with Crippen molar-refractivity contribution in [2.45, 2.75) is 33.6 Å². The fraction of sp³-hybridized carbons (Fsp3) is 0.500. The van der Waals surface area contributed by atoms with Crippen LogP contribution in [0.3, 0.4) is 0 Å². The van der Waals surface area contributed by atoms with Gasteiger partial charge in [-0.15, -0.1) is 0 Å². The van der Waals surface area contributed by atoms with E-state index < -0.39 is 17.9 Å². The lowest BCUT2D eigenvalue weighted by atomic mass is 9.98. The minimum absolute atomic E-state index is 0.220. The van der Waals surface area contributed by atoms with E-state index in [2.05, 4.69) is 4.98 Å². The molecule has 1 aromatic heterocycles. The first-order valence-electron chi connectivity index (χ1n) is 6.28. The van der Waals surface area contributed by atoms with E-state index in [0.717, 1.165) is 11.4 Å². The molecule has 5 nitrogen and oxygen atoms in total. The van der Waals surface area contributed by atoms with Crippen molar-refractivity contribution in [2.24, 2.45) is 0 Å². The van der Waals surface area contributed by atoms with E-state index >= 15 is 0 Å². The second kappa shape index (κ2) is 6.87. The Morgan fingerprint density at radius 1 is 1.05 bits per heavy atom. The maximum absolute atomic E-state index is 11.9. The molecule has 0 aliphatic heterocycles. The fourth-order valence-corrected chi connectivity index (χ4v) is 1.85. The van der Waals surface area contributed by atoms with E-state index in [1.807, 2.05) is 13.8 Å². The number of esters is 2. The van der Waals surface area contributed by atoms with Gasteiger partial charge in [0.2, 0.25) is 0 Å². The van der Waals surface area contributed by atoms with Gasteiger partial charge >= 0.3 is 11.9 Å². The van der Waals surface area contributed by atoms with Gasteiger partial charge in [-0.25, -0.2) is 0 Å². The maximum Gasteiger partial charge on any atom is 0.324 e. The van der Waals surface area contributed by atoms with Crippen LogP contribution in [-0.2, 0) is 19.1 Å². The first-order chi connectivity index (χ1) is 8.99. The summed E-state index contributed by atoms with van der Waals surface area (Å²) in [6.45, 7) is 7.45. The predicted molar refractivity (Wildman–Crippen MR) is 69.7 cm³/mol. The minimum Gasteiger partial charge on any atom is -0.465 e. The number of carbonyl (C=O) groups excluding carboxylic acids is 2. The van der Waals surface area contributed by atoms with Gasteiger partial charge in [-0.2, -0.15) is 0 Å². The Morgan fingerprint density at radius 3 is 1.84 bits per heavy atom. The van der Waals surface area contributed by atoms with Crippen molar-refractivity contribution in [3.63, 3.8) is 0 Å². The molecule has 19 heavy (non-hydrogen) atoms. The van der Waals surface area contributed by atoms with Gasteiger partial charge in [0.25, 0.3) is 0 Å². The molecule has 0 radical (unpaired) electrons. The van der Waals surface area contributed by atoms with Crippen LogP contribution in [0.25, 0.3) is 0 Å². The number of ether oxygens (including phenoxy) is 2. The standard InChI is InChI=1S/C14H19NO4/c1-5-18-13(16)12(14(17)19-6-2)11-7-9(3)15-10(4)8-11/h7-8,12H,5-6H2,1-4H3. The molecule has 0 bridgehead atoms. The van der Waals surface area contributed by atoms with E-state index in [1.54, 1.807) is 26.0 Å². The largest absolute Gasteiger partial charge is 0.465 e. The van der Waals surface area contributed by atoms with E-state index in [9.17, 15) is 9.59 Å². The van der Waals surface area contributed by atoms with Gasteiger partial charge in [0.05, 0.1) is 13.2 Å². The fourth-order valence-electron chi connectivity index (χ4n) is 1.85. The third kappa shape index (κ3) is 4.05. The highest BCUT2D eigenvalue weighted by molar-refractivity contribution is 6.00. The summed E-state index contributed by atoms with van der Waals surface area (Å²) in [5.74, 6) is -2.22. The van der Waals surface area contributed by atoms with E-state index in [4.69, 9.17) is 9.47 Å². The number of pyridine rings is 1. The molecule has 0 atom stereocenters. The number of carbonyl (C=O) groups is 2. The molecular formula is C14H19NO4. The summed E-state index contributed by atoms with van der Waals surface area (Å²) in [5, 5.41) is 0. The van der Waals surface area contributed by atoms with Crippen molar-refractivity contribution in [2.75, 3.05) is 13.2 Å². The van der Waals surface area contributed by atoms with E-state index in [0.29, 0.717) is 5.56 Å². The van der Waals surface area contributed by atoms with Crippen LogP contribution in [0.2, 0.25) is 0 Å². The van der Waals surface area contributed by atoms with Crippen LogP contribution >= 0.6 is 0 Å². The Bertz CT molecular complexity index is 432. The number of rotatable bonds is 5. The van der Waals surface area contributed by atoms with Gasteiger partial charge in [-0.3, -0.25) is 14.6 Å². The summed E-state index contributed by atoms with van der Waals surface area (Å²) in [6.07, 6.45) is 0. The summed E-state index contributed by atoms with van der Waals surface area (Å²) in [4.78, 5) is 28.1. The lowest BCUT2D eigenvalue weighted by Crippen LogP contribution is -2.26. The van der Waals surface area contributed by atoms with Crippen molar-refractivity contribution < 1.29 is 19.1 Å². The molecule has 0 aliphatic rings. The number of aryl methyl sites for hydroxylation is 2. The highest BCUT2D eigenvalue weighted by Crippen LogP contribution is 2.21. The normalized spacial score (nSPS) is 10.4. The lowest BCUT2D eigenvalue weighted by molar-refractivity contribution is -0.156. The van der Waals surface area contributed by atoms with Crippen LogP contribution in [0.15, 0.2) is 12.1 Å². The predicted octanol–water partition coefficient (Wildman–Crippen LogP) is 1.91. The van der Waals surface area contributed by atoms with Gasteiger partial charge in [-0.1, -0.05) is 0 Å². The molecule has 104 valence electrons. The quantitative estimate of drug-likeness (QED) is 0.601. The Balaban J connectivity index is 3.14. The Kier molecular flexibility index (Phi) is 5.48. The molecule has 0 fully saturated rings. The number of hydrogen-bond acceptors (Lipinski definition) is 5. The second-order valence-corrected chi connectivity index (χ2v) is 4.12. The smallest absolute Gasteiger partial charge is 0.324 e. The Morgan fingerprint density at radius 2 is 1.47 bits per heavy atom. The minimum atomic E-state index is -1.04. The molecule has 0 aliphatic carbocycles. The molecule has 0 saturated heterocycles. The molecule has 1 rings (SSSR count). The summed E-state index contributed by atoms with van der Waals surface area (Å²) >= 11 is 0. The molecule has 0 aromatic carbocycles. The number of nitrogens with zero attached hydrogens (tertiary/aromatic N) is 1. The van der Waals surface area contributed by atoms with Gasteiger partial charge in [0.15, 0.2) is 5.92 Å². The highest BCUT2D eigenvalue weighted by Gasteiger charge is 2.31. The van der Waals surface area contributed by atoms with Crippen molar-refractivity contribution in [3.05, 3.63) is 29.1 Å². The Hall–Kier alpha value is -1.91. The molecule has 1 aromatic rings. The lowest BCUT2D eigenvalue weighted by Gasteiger charge is -2.15. The van der Waals surface area contributed by atoms with E-state index in [1.165, 1.54) is 0 Å². The first kappa shape index (κ1) is 15.1. The summed E-state index contributed by atoms with van der Waals surface area (Å²) in [7, 11) is 0. The molecule has 1 heterocycles. The van der Waals surface area contributed by atoms with Crippen LogP contribution < -0.4 is 0 Å². The van der Waals surface area contributed by atoms with Crippen molar-refractivity contribution >= 4 is 11.9 Å². The van der Waals surface area contributed by atoms with Gasteiger partial charge in [-0.05, 0) is 45.4 Å². The molecule has 0 N–H and O–H groups in total. The first-order valence-corrected chi connectivity index (χ1v) is 6.28. The van der Waals surface area contributed by atoms with Crippen molar-refractivity contribution in [1.29, 1.82) is 0 Å². The van der Waals surface area contributed by atoms with Crippen molar-refractivity contribution in [3.8, 4) is 0 Å². The summed E-state index contributed by atoms with van der Waals surface area (Å²) < 4.78 is 9.89. The molecule has 0 spiro atoms. The summed E-state index contributed by atoms with van der Waals surface area (Å²) in [5.41, 5.74) is 2.05. The molecule has 5 heteroatoms. The van der Waals surface area contributed by atoms with Crippen LogP contribution in [0.4, 0.5) is 0 Å². The second-order valence-electron chi connectivity index (χ2n) is 4.12. The van der Waals surface area contributed by atoms with Gasteiger partial charge in [0.1, 0.15) is 0 Å². The summed E-state index contributed by atoms with van der Waals surface area (Å²) in [6, 6.07) is 3.40. The zero-order chi connectivity index (χ0) is 14.4. The van der Waals surface area contributed by atoms with Gasteiger partial charge in [0, 0.05) is 11.4 Å². The maximum atomic E-state index is 11.9. The van der Waals surface area contributed by atoms with Crippen LogP contribution in [0, 0.1) is 13.8 Å². The SMILES string of the molecule is CCOC(=O)C(C(=O)OCC)c1cc(C)nc(C)c1. The number of aromatic nitrogens is 1. The zero-order valence-corrected chi connectivity index (χ0v) is 11.7. The average Bonchev–Trinajstić information content (AvgIpc) is 2.28. The molecular weight excluding hydrogens is 246 g/mol. The third-order valence-electron chi connectivity index (χ3n) is 2.48. The van der Waals surface area contributed by atoms with Crippen LogP contribution in [0.5, 0.6) is 0 Å². The molecule has 0 unspecified atom stereocenters. The Labute approximate surface area is 112 Å². The molecule has 0 saturated carbocycles. The zero-order valence-electron chi connectivity index (χ0n) is 11.7. The topological polar surface area (TPSA) is 65.5 Å². The average molecular weight is 265 g/mol. The van der Waals surface area contributed by atoms with Gasteiger partial charge < -0.3 is 9.47 Å². The van der Waals surface area contributed by atoms with Crippen LogP contribution in [-0.4, -0.2) is 30.1 Å². The monoisotopic (exact) mass is 265 g/mol. The van der Waals surface area contributed by atoms with Crippen LogP contribution in [0.1, 0.15) is 36.7 Å².